The minimum atomic E-state index is -0.312. The second-order valence-corrected chi connectivity index (χ2v) is 5.81. The second kappa shape index (κ2) is 5.38. The fraction of sp³-hybridized carbons (Fsp3) is 0.143. The molecule has 3 rings (SSSR count). The second-order valence-electron chi connectivity index (χ2n) is 4.38. The number of fused-ring (bicyclic) bond motifs is 1. The molecule has 1 aromatic carbocycles. The van der Waals surface area contributed by atoms with Crippen LogP contribution in [0.3, 0.4) is 0 Å². The van der Waals surface area contributed by atoms with E-state index in [4.69, 9.17) is 20.9 Å². The number of halogens is 1. The van der Waals surface area contributed by atoms with Gasteiger partial charge in [0.2, 0.25) is 0 Å². The van der Waals surface area contributed by atoms with Crippen LogP contribution in [0.15, 0.2) is 28.8 Å². The zero-order valence-corrected chi connectivity index (χ0v) is 12.8. The van der Waals surface area contributed by atoms with Gasteiger partial charge in [-0.1, -0.05) is 16.8 Å². The number of anilines is 1. The molecule has 108 valence electrons. The van der Waals surface area contributed by atoms with Crippen LogP contribution in [0.5, 0.6) is 5.75 Å². The molecular weight excluding hydrogens is 312 g/mol. The van der Waals surface area contributed by atoms with Gasteiger partial charge in [-0.15, -0.1) is 11.3 Å². The molecule has 0 fully saturated rings. The molecule has 21 heavy (non-hydrogen) atoms. The third-order valence-electron chi connectivity index (χ3n) is 2.91. The number of methoxy groups -OCH3 is 1. The van der Waals surface area contributed by atoms with Crippen molar-refractivity contribution in [3.63, 3.8) is 0 Å². The van der Waals surface area contributed by atoms with E-state index in [0.29, 0.717) is 27.2 Å². The van der Waals surface area contributed by atoms with Gasteiger partial charge in [0.25, 0.3) is 5.91 Å². The van der Waals surface area contributed by atoms with Crippen molar-refractivity contribution in [3.8, 4) is 5.75 Å². The van der Waals surface area contributed by atoms with Gasteiger partial charge in [-0.25, -0.2) is 0 Å². The normalized spacial score (nSPS) is 10.8. The number of aryl methyl sites for hydroxylation is 1. The Morgan fingerprint density at radius 3 is 2.90 bits per heavy atom. The molecular formula is C14H11ClN2O3S. The number of ether oxygens (including phenoxy) is 1. The zero-order chi connectivity index (χ0) is 15.0. The lowest BCUT2D eigenvalue weighted by molar-refractivity contribution is 0.103. The summed E-state index contributed by atoms with van der Waals surface area (Å²) in [6.07, 6.45) is 0. The summed E-state index contributed by atoms with van der Waals surface area (Å²) in [6.45, 7) is 1.75. The average Bonchev–Trinajstić information content (AvgIpc) is 3.02. The van der Waals surface area contributed by atoms with Crippen LogP contribution in [0.2, 0.25) is 5.02 Å². The first-order valence-corrected chi connectivity index (χ1v) is 7.28. The quantitative estimate of drug-likeness (QED) is 0.788. The number of hydrogen-bond acceptors (Lipinski definition) is 5. The maximum absolute atomic E-state index is 12.3. The Morgan fingerprint density at radius 1 is 1.43 bits per heavy atom. The third kappa shape index (κ3) is 2.59. The van der Waals surface area contributed by atoms with Gasteiger partial charge in [-0.3, -0.25) is 4.79 Å². The Kier molecular flexibility index (Phi) is 3.57. The first-order valence-electron chi connectivity index (χ1n) is 6.09. The van der Waals surface area contributed by atoms with Crippen LogP contribution in [0, 0.1) is 6.92 Å². The molecule has 0 atom stereocenters. The molecule has 0 aliphatic rings. The average molecular weight is 323 g/mol. The van der Waals surface area contributed by atoms with Gasteiger partial charge in [-0.05, 0) is 25.1 Å². The Hall–Kier alpha value is -2.05. The highest BCUT2D eigenvalue weighted by Gasteiger charge is 2.18. The minimum Gasteiger partial charge on any atom is -0.497 e. The number of aromatic nitrogens is 1. The van der Waals surface area contributed by atoms with Gasteiger partial charge in [-0.2, -0.15) is 0 Å². The van der Waals surface area contributed by atoms with E-state index in [1.807, 2.05) is 18.2 Å². The molecule has 0 aliphatic carbocycles. The maximum Gasteiger partial charge on any atom is 0.268 e. The van der Waals surface area contributed by atoms with Crippen LogP contribution in [-0.4, -0.2) is 18.2 Å². The standard InChI is InChI=1S/C14H11ClN2O3S/c1-7-5-11(17-20-7)16-14(18)13-12(15)9-6-8(19-2)3-4-10(9)21-13/h3-6H,1-2H3,(H,16,17,18). The summed E-state index contributed by atoms with van der Waals surface area (Å²) in [7, 11) is 1.59. The number of thiophene rings is 1. The van der Waals surface area contributed by atoms with Crippen molar-refractivity contribution in [3.05, 3.63) is 39.9 Å². The summed E-state index contributed by atoms with van der Waals surface area (Å²) >= 11 is 7.62. The number of benzene rings is 1. The Balaban J connectivity index is 1.96. The largest absolute Gasteiger partial charge is 0.497 e. The summed E-state index contributed by atoms with van der Waals surface area (Å²) in [6, 6.07) is 7.16. The molecule has 5 nitrogen and oxygen atoms in total. The molecule has 0 saturated heterocycles. The van der Waals surface area contributed by atoms with E-state index in [-0.39, 0.29) is 5.91 Å². The molecule has 0 radical (unpaired) electrons. The van der Waals surface area contributed by atoms with Gasteiger partial charge in [0.1, 0.15) is 16.4 Å². The predicted octanol–water partition coefficient (Wildman–Crippen LogP) is 4.11. The van der Waals surface area contributed by atoms with Crippen LogP contribution in [0.1, 0.15) is 15.4 Å². The topological polar surface area (TPSA) is 64.4 Å². The van der Waals surface area contributed by atoms with E-state index in [9.17, 15) is 4.79 Å². The lowest BCUT2D eigenvalue weighted by Gasteiger charge is -1.99. The Labute approximate surface area is 129 Å². The zero-order valence-electron chi connectivity index (χ0n) is 11.3. The summed E-state index contributed by atoms with van der Waals surface area (Å²) in [5, 5.41) is 7.59. The summed E-state index contributed by atoms with van der Waals surface area (Å²) in [5.74, 6) is 1.37. The molecule has 7 heteroatoms. The number of carbonyl (C=O) groups excluding carboxylic acids is 1. The molecule has 0 aliphatic heterocycles. The number of carbonyl (C=O) groups is 1. The van der Waals surface area contributed by atoms with E-state index in [1.165, 1.54) is 11.3 Å². The fourth-order valence-corrected chi connectivity index (χ4v) is 3.30. The van der Waals surface area contributed by atoms with E-state index in [1.54, 1.807) is 20.1 Å². The first kappa shape index (κ1) is 13.9. The highest BCUT2D eigenvalue weighted by Crippen LogP contribution is 2.37. The monoisotopic (exact) mass is 322 g/mol. The number of rotatable bonds is 3. The van der Waals surface area contributed by atoms with Crippen molar-refractivity contribution in [1.82, 2.24) is 5.16 Å². The number of nitrogens with zero attached hydrogens (tertiary/aromatic N) is 1. The van der Waals surface area contributed by atoms with Gasteiger partial charge in [0.05, 0.1) is 12.1 Å². The smallest absolute Gasteiger partial charge is 0.268 e. The molecule has 3 aromatic rings. The van der Waals surface area contributed by atoms with E-state index >= 15 is 0 Å². The molecule has 0 bridgehead atoms. The molecule has 1 N–H and O–H groups in total. The summed E-state index contributed by atoms with van der Waals surface area (Å²) in [5.41, 5.74) is 0. The van der Waals surface area contributed by atoms with Crippen LogP contribution >= 0.6 is 22.9 Å². The van der Waals surface area contributed by atoms with E-state index in [0.717, 1.165) is 10.1 Å². The van der Waals surface area contributed by atoms with E-state index in [2.05, 4.69) is 10.5 Å². The van der Waals surface area contributed by atoms with Gasteiger partial charge < -0.3 is 14.6 Å². The van der Waals surface area contributed by atoms with Gasteiger partial charge >= 0.3 is 0 Å². The lowest BCUT2D eigenvalue weighted by atomic mass is 10.2. The van der Waals surface area contributed by atoms with Crippen LogP contribution in [-0.2, 0) is 0 Å². The summed E-state index contributed by atoms with van der Waals surface area (Å²) < 4.78 is 11.0. The first-order chi connectivity index (χ1) is 10.1. The minimum absolute atomic E-state index is 0.312. The van der Waals surface area contributed by atoms with Crippen molar-refractivity contribution >= 4 is 44.7 Å². The predicted molar refractivity (Wildman–Crippen MR) is 82.6 cm³/mol. The van der Waals surface area contributed by atoms with Crippen LogP contribution < -0.4 is 10.1 Å². The van der Waals surface area contributed by atoms with Crippen molar-refractivity contribution < 1.29 is 14.1 Å². The summed E-state index contributed by atoms with van der Waals surface area (Å²) in [4.78, 5) is 12.7. The Morgan fingerprint density at radius 2 is 2.24 bits per heavy atom. The van der Waals surface area contributed by atoms with Crippen molar-refractivity contribution in [2.75, 3.05) is 12.4 Å². The molecule has 0 unspecified atom stereocenters. The molecule has 2 aromatic heterocycles. The maximum atomic E-state index is 12.3. The third-order valence-corrected chi connectivity index (χ3v) is 4.58. The molecule has 0 spiro atoms. The van der Waals surface area contributed by atoms with E-state index < -0.39 is 0 Å². The van der Waals surface area contributed by atoms with Gasteiger partial charge in [0.15, 0.2) is 5.82 Å². The van der Waals surface area contributed by atoms with Crippen molar-refractivity contribution in [2.24, 2.45) is 0 Å². The molecule has 2 heterocycles. The van der Waals surface area contributed by atoms with Crippen molar-refractivity contribution in [1.29, 1.82) is 0 Å². The molecule has 1 amide bonds. The fourth-order valence-electron chi connectivity index (χ4n) is 1.92. The van der Waals surface area contributed by atoms with Crippen molar-refractivity contribution in [2.45, 2.75) is 6.92 Å². The highest BCUT2D eigenvalue weighted by molar-refractivity contribution is 7.21. The molecule has 0 saturated carbocycles. The number of nitrogens with one attached hydrogen (secondary N) is 1. The lowest BCUT2D eigenvalue weighted by Crippen LogP contribution is -2.10. The number of amides is 1. The van der Waals surface area contributed by atoms with Crippen LogP contribution in [0.25, 0.3) is 10.1 Å². The van der Waals surface area contributed by atoms with Crippen LogP contribution in [0.4, 0.5) is 5.82 Å². The highest BCUT2D eigenvalue weighted by atomic mass is 35.5. The Bertz CT molecular complexity index is 825. The SMILES string of the molecule is COc1ccc2sc(C(=O)Nc3cc(C)on3)c(Cl)c2c1. The van der Waals surface area contributed by atoms with Gasteiger partial charge in [0, 0.05) is 16.2 Å². The number of hydrogen-bond donors (Lipinski definition) is 1.